The molecule has 0 saturated carbocycles. The fraction of sp³-hybridized carbons (Fsp3) is 0.385. The van der Waals surface area contributed by atoms with Gasteiger partial charge in [-0.3, -0.25) is 0 Å². The van der Waals surface area contributed by atoms with Crippen LogP contribution in [0.4, 0.5) is 10.6 Å². The molecule has 0 bridgehead atoms. The molecule has 5 heteroatoms. The van der Waals surface area contributed by atoms with E-state index in [0.29, 0.717) is 12.4 Å². The van der Waals surface area contributed by atoms with Gasteiger partial charge in [0.2, 0.25) is 0 Å². The van der Waals surface area contributed by atoms with E-state index in [1.165, 1.54) is 0 Å². The Bertz CT molecular complexity index is 436. The van der Waals surface area contributed by atoms with Gasteiger partial charge >= 0.3 is 6.09 Å². The van der Waals surface area contributed by atoms with Crippen LogP contribution in [0.5, 0.6) is 0 Å². The van der Waals surface area contributed by atoms with Crippen LogP contribution in [-0.2, 0) is 4.74 Å². The number of anilines is 1. The molecule has 1 aromatic heterocycles. The van der Waals surface area contributed by atoms with E-state index in [1.54, 1.807) is 24.4 Å². The SMILES string of the molecule is CC(C)(C)OC(=O)NCC=Cc1cccnc1N. The Balaban J connectivity index is 2.38. The van der Waals surface area contributed by atoms with Crippen LogP contribution in [0, 0.1) is 0 Å². The highest BCUT2D eigenvalue weighted by atomic mass is 16.6. The molecule has 0 unspecified atom stereocenters. The maximum atomic E-state index is 11.3. The van der Waals surface area contributed by atoms with E-state index in [0.717, 1.165) is 5.56 Å². The number of carbonyl (C=O) groups is 1. The lowest BCUT2D eigenvalue weighted by molar-refractivity contribution is 0.0534. The summed E-state index contributed by atoms with van der Waals surface area (Å²) in [6.07, 6.45) is 4.79. The van der Waals surface area contributed by atoms with Gasteiger partial charge in [-0.15, -0.1) is 0 Å². The van der Waals surface area contributed by atoms with Gasteiger partial charge in [-0.25, -0.2) is 9.78 Å². The van der Waals surface area contributed by atoms with Gasteiger partial charge in [0.05, 0.1) is 0 Å². The van der Waals surface area contributed by atoms with E-state index in [9.17, 15) is 4.79 Å². The molecule has 0 radical (unpaired) electrons. The standard InChI is InChI=1S/C13H19N3O2/c1-13(2,3)18-12(17)16-9-5-7-10-6-4-8-15-11(10)14/h4-8H,9H2,1-3H3,(H2,14,15)(H,16,17). The Labute approximate surface area is 107 Å². The number of hydrogen-bond donors (Lipinski definition) is 2. The van der Waals surface area contributed by atoms with Crippen LogP contribution in [0.1, 0.15) is 26.3 Å². The molecule has 0 aromatic carbocycles. The number of alkyl carbamates (subject to hydrolysis) is 1. The van der Waals surface area contributed by atoms with E-state index in [1.807, 2.05) is 26.8 Å². The van der Waals surface area contributed by atoms with Gasteiger partial charge in [0, 0.05) is 18.3 Å². The average molecular weight is 249 g/mol. The van der Waals surface area contributed by atoms with Crippen molar-refractivity contribution >= 4 is 18.0 Å². The summed E-state index contributed by atoms with van der Waals surface area (Å²) in [5, 5.41) is 2.62. The number of aromatic nitrogens is 1. The monoisotopic (exact) mass is 249 g/mol. The smallest absolute Gasteiger partial charge is 0.407 e. The quantitative estimate of drug-likeness (QED) is 0.861. The van der Waals surface area contributed by atoms with Gasteiger partial charge in [-0.1, -0.05) is 12.2 Å². The van der Waals surface area contributed by atoms with Gasteiger partial charge in [-0.05, 0) is 32.9 Å². The second-order valence-corrected chi connectivity index (χ2v) is 4.76. The summed E-state index contributed by atoms with van der Waals surface area (Å²) in [5.41, 5.74) is 6.01. The highest BCUT2D eigenvalue weighted by molar-refractivity contribution is 5.68. The highest BCUT2D eigenvalue weighted by Crippen LogP contribution is 2.08. The summed E-state index contributed by atoms with van der Waals surface area (Å²) < 4.78 is 5.09. The summed E-state index contributed by atoms with van der Waals surface area (Å²) in [7, 11) is 0. The van der Waals surface area contributed by atoms with Crippen molar-refractivity contribution in [2.45, 2.75) is 26.4 Å². The first kappa shape index (κ1) is 14.0. The van der Waals surface area contributed by atoms with Crippen LogP contribution < -0.4 is 11.1 Å². The van der Waals surface area contributed by atoms with Crippen LogP contribution in [-0.4, -0.2) is 23.2 Å². The molecule has 0 saturated heterocycles. The lowest BCUT2D eigenvalue weighted by Crippen LogP contribution is -2.32. The fourth-order valence-electron chi connectivity index (χ4n) is 1.21. The minimum atomic E-state index is -0.485. The molecule has 0 aliphatic heterocycles. The summed E-state index contributed by atoms with van der Waals surface area (Å²) in [6, 6.07) is 3.66. The maximum absolute atomic E-state index is 11.3. The number of nitrogens with two attached hydrogens (primary N) is 1. The van der Waals surface area contributed by atoms with Gasteiger partial charge in [0.15, 0.2) is 0 Å². The Hall–Kier alpha value is -2.04. The van der Waals surface area contributed by atoms with E-state index in [2.05, 4.69) is 10.3 Å². The van der Waals surface area contributed by atoms with Crippen molar-refractivity contribution in [3.8, 4) is 0 Å². The molecule has 3 N–H and O–H groups in total. The van der Waals surface area contributed by atoms with Crippen molar-refractivity contribution < 1.29 is 9.53 Å². The Morgan fingerprint density at radius 2 is 2.28 bits per heavy atom. The second kappa shape index (κ2) is 6.05. The number of nitrogen functional groups attached to an aromatic ring is 1. The molecular weight excluding hydrogens is 230 g/mol. The Morgan fingerprint density at radius 1 is 1.56 bits per heavy atom. The molecule has 1 heterocycles. The van der Waals surface area contributed by atoms with Crippen LogP contribution in [0.3, 0.4) is 0 Å². The van der Waals surface area contributed by atoms with Gasteiger partial charge in [-0.2, -0.15) is 0 Å². The van der Waals surface area contributed by atoms with Crippen molar-refractivity contribution in [2.24, 2.45) is 0 Å². The third-order valence-corrected chi connectivity index (χ3v) is 1.93. The molecule has 0 spiro atoms. The van der Waals surface area contributed by atoms with E-state index in [-0.39, 0.29) is 0 Å². The number of hydrogen-bond acceptors (Lipinski definition) is 4. The Morgan fingerprint density at radius 3 is 2.89 bits per heavy atom. The zero-order valence-electron chi connectivity index (χ0n) is 10.9. The molecule has 5 nitrogen and oxygen atoms in total. The summed E-state index contributed by atoms with van der Waals surface area (Å²) in [5.74, 6) is 0.464. The van der Waals surface area contributed by atoms with E-state index < -0.39 is 11.7 Å². The first-order chi connectivity index (χ1) is 8.38. The van der Waals surface area contributed by atoms with Gasteiger partial charge < -0.3 is 15.8 Å². The number of amides is 1. The zero-order chi connectivity index (χ0) is 13.6. The number of nitrogens with zero attached hydrogens (tertiary/aromatic N) is 1. The zero-order valence-corrected chi connectivity index (χ0v) is 10.9. The molecule has 1 amide bonds. The van der Waals surface area contributed by atoms with Crippen molar-refractivity contribution in [3.63, 3.8) is 0 Å². The molecule has 1 aromatic rings. The molecule has 1 rings (SSSR count). The minimum Gasteiger partial charge on any atom is -0.444 e. The minimum absolute atomic E-state index is 0.378. The molecule has 0 fully saturated rings. The van der Waals surface area contributed by atoms with E-state index in [4.69, 9.17) is 10.5 Å². The lowest BCUT2D eigenvalue weighted by atomic mass is 10.2. The molecule has 0 aliphatic carbocycles. The summed E-state index contributed by atoms with van der Waals surface area (Å²) in [4.78, 5) is 15.3. The predicted octanol–water partition coefficient (Wildman–Crippen LogP) is 2.20. The first-order valence-electron chi connectivity index (χ1n) is 5.72. The third-order valence-electron chi connectivity index (χ3n) is 1.93. The fourth-order valence-corrected chi connectivity index (χ4v) is 1.21. The number of pyridine rings is 1. The number of carbonyl (C=O) groups excluding carboxylic acids is 1. The van der Waals surface area contributed by atoms with Crippen LogP contribution >= 0.6 is 0 Å². The summed E-state index contributed by atoms with van der Waals surface area (Å²) in [6.45, 7) is 5.83. The first-order valence-corrected chi connectivity index (χ1v) is 5.72. The number of ether oxygens (including phenoxy) is 1. The summed E-state index contributed by atoms with van der Waals surface area (Å²) >= 11 is 0. The lowest BCUT2D eigenvalue weighted by Gasteiger charge is -2.19. The molecular formula is C13H19N3O2. The third kappa shape index (κ3) is 5.34. The van der Waals surface area contributed by atoms with Crippen molar-refractivity contribution in [1.82, 2.24) is 10.3 Å². The number of rotatable bonds is 3. The molecule has 0 atom stereocenters. The highest BCUT2D eigenvalue weighted by Gasteiger charge is 2.14. The van der Waals surface area contributed by atoms with Crippen LogP contribution in [0.25, 0.3) is 6.08 Å². The topological polar surface area (TPSA) is 77.2 Å². The normalized spacial score (nSPS) is 11.5. The molecule has 18 heavy (non-hydrogen) atoms. The van der Waals surface area contributed by atoms with Crippen LogP contribution in [0.15, 0.2) is 24.4 Å². The molecule has 98 valence electrons. The van der Waals surface area contributed by atoms with Crippen molar-refractivity contribution in [1.29, 1.82) is 0 Å². The van der Waals surface area contributed by atoms with Crippen molar-refractivity contribution in [2.75, 3.05) is 12.3 Å². The number of nitrogens with one attached hydrogen (secondary N) is 1. The van der Waals surface area contributed by atoms with Gasteiger partial charge in [0.25, 0.3) is 0 Å². The van der Waals surface area contributed by atoms with Gasteiger partial charge in [0.1, 0.15) is 11.4 Å². The van der Waals surface area contributed by atoms with Crippen molar-refractivity contribution in [3.05, 3.63) is 30.0 Å². The predicted molar refractivity (Wildman–Crippen MR) is 71.9 cm³/mol. The Kier molecular flexibility index (Phi) is 4.71. The molecule has 0 aliphatic rings. The van der Waals surface area contributed by atoms with E-state index >= 15 is 0 Å². The van der Waals surface area contributed by atoms with Crippen LogP contribution in [0.2, 0.25) is 0 Å². The maximum Gasteiger partial charge on any atom is 0.407 e. The second-order valence-electron chi connectivity index (χ2n) is 4.76. The average Bonchev–Trinajstić information content (AvgIpc) is 2.24. The largest absolute Gasteiger partial charge is 0.444 e.